The van der Waals surface area contributed by atoms with Crippen LogP contribution in [-0.2, 0) is 35.3 Å². The fraction of sp³-hybridized carbons (Fsp3) is 0.355. The molecule has 0 amide bonds. The summed E-state index contributed by atoms with van der Waals surface area (Å²) >= 11 is 0. The fourth-order valence-electron chi connectivity index (χ4n) is 12.6. The van der Waals surface area contributed by atoms with Gasteiger partial charge in [0, 0.05) is 84.4 Å². The summed E-state index contributed by atoms with van der Waals surface area (Å²) in [5.74, 6) is -1.22. The van der Waals surface area contributed by atoms with Crippen LogP contribution in [0, 0.1) is 17.8 Å². The zero-order valence-electron chi connectivity index (χ0n) is 40.7. The predicted molar refractivity (Wildman–Crippen MR) is 281 cm³/mol. The van der Waals surface area contributed by atoms with E-state index in [1.165, 1.54) is 0 Å². The van der Waals surface area contributed by atoms with E-state index in [0.717, 1.165) is 106 Å². The molecule has 4 aromatic carbocycles. The molecule has 10 heteroatoms. The number of ether oxygens (including phenoxy) is 1. The first kappa shape index (κ1) is 47.4. The number of hydrogen-bond donors (Lipinski definition) is 7. The number of anilines is 1. The molecule has 7 atom stereocenters. The van der Waals surface area contributed by atoms with Gasteiger partial charge in [-0.1, -0.05) is 91.0 Å². The molecule has 1 aliphatic heterocycles. The Balaban J connectivity index is 1.01. The van der Waals surface area contributed by atoms with Crippen molar-refractivity contribution < 1.29 is 34.8 Å². The van der Waals surface area contributed by atoms with Crippen LogP contribution in [0.25, 0.3) is 12.2 Å². The Morgan fingerprint density at radius 2 is 1.58 bits per heavy atom. The van der Waals surface area contributed by atoms with Crippen LogP contribution in [0.4, 0.5) is 5.82 Å². The Morgan fingerprint density at radius 1 is 0.750 bits per heavy atom. The number of allylic oxidation sites excluding steroid dienone is 2. The highest BCUT2D eigenvalue weighted by atomic mass is 16.5. The Hall–Kier alpha value is -6.88. The molecule has 7 N–H and O–H groups in total. The topological polar surface area (TPSA) is 168 Å². The molecular formula is C62H65N3O7. The minimum absolute atomic E-state index is 0.0106. The molecule has 0 spiro atoms. The van der Waals surface area contributed by atoms with Crippen LogP contribution in [0.5, 0.6) is 17.2 Å². The number of nitrogens with one attached hydrogen (secondary N) is 3. The number of aliphatic hydroxyl groups excluding tert-OH is 2. The van der Waals surface area contributed by atoms with Crippen molar-refractivity contribution in [2.24, 2.45) is 17.8 Å². The summed E-state index contributed by atoms with van der Waals surface area (Å²) in [5.41, 5.74) is 11.4. The van der Waals surface area contributed by atoms with E-state index in [1.807, 2.05) is 67.0 Å². The van der Waals surface area contributed by atoms with E-state index in [1.54, 1.807) is 6.07 Å². The molecule has 1 fully saturated rings. The SMILES string of the molecule is O=C1CCc2cc(c(O)c(OC3CCCC3)c2)Cc2ccc3c(c2)[C@H](C=C[C@H]3[C@H](O)Cc2ccccc2)c2cc[nH]c2NCC2=Cc3[nH]ccc3[C@H](C[C@@H]3C=Cc4c(O)cccc4CC3)[C@@H]2C(=O)[C@H]1CCO. The first-order valence-corrected chi connectivity index (χ1v) is 26.2. The lowest BCUT2D eigenvalue weighted by Gasteiger charge is -2.36. The van der Waals surface area contributed by atoms with E-state index in [2.05, 4.69) is 76.0 Å². The first-order chi connectivity index (χ1) is 35.2. The molecule has 1 saturated carbocycles. The number of aromatic nitrogens is 2. The number of Topliss-reactive ketones (excluding diaryl/α,β-unsaturated/α-hetero) is 2. The number of carbonyl (C=O) groups is 2. The van der Waals surface area contributed by atoms with Crippen LogP contribution in [0.15, 0.2) is 127 Å². The third-order valence-electron chi connectivity index (χ3n) is 16.4. The average molecular weight is 964 g/mol. The van der Waals surface area contributed by atoms with E-state index in [0.29, 0.717) is 43.5 Å². The van der Waals surface area contributed by atoms with Crippen molar-refractivity contribution in [1.82, 2.24) is 9.97 Å². The molecule has 72 heavy (non-hydrogen) atoms. The molecule has 6 aromatic rings. The summed E-state index contributed by atoms with van der Waals surface area (Å²) in [6, 6.07) is 30.2. The summed E-state index contributed by atoms with van der Waals surface area (Å²) in [6.07, 6.45) is 21.3. The Bertz CT molecular complexity index is 3050. The highest BCUT2D eigenvalue weighted by molar-refractivity contribution is 6.05. The third kappa shape index (κ3) is 9.62. The monoisotopic (exact) mass is 963 g/mol. The van der Waals surface area contributed by atoms with Gasteiger partial charge < -0.3 is 40.4 Å². The second-order valence-electron chi connectivity index (χ2n) is 20.9. The molecule has 0 radical (unpaired) electrons. The van der Waals surface area contributed by atoms with Crippen LogP contribution in [-0.4, -0.2) is 67.3 Å². The number of aromatic amines is 2. The molecule has 4 aliphatic carbocycles. The molecule has 3 heterocycles. The number of carbonyl (C=O) groups excluding carboxylic acids is 2. The second kappa shape index (κ2) is 20.7. The van der Waals surface area contributed by atoms with E-state index in [-0.39, 0.29) is 72.3 Å². The number of benzene rings is 4. The normalized spacial score (nSPS) is 23.5. The predicted octanol–water partition coefficient (Wildman–Crippen LogP) is 11.0. The van der Waals surface area contributed by atoms with Gasteiger partial charge in [-0.2, -0.15) is 0 Å². The van der Waals surface area contributed by atoms with Crippen LogP contribution in [0.2, 0.25) is 0 Å². The number of hydrogen-bond acceptors (Lipinski definition) is 8. The van der Waals surface area contributed by atoms with Gasteiger partial charge in [0.05, 0.1) is 18.1 Å². The lowest BCUT2D eigenvalue weighted by Crippen LogP contribution is -2.38. The van der Waals surface area contributed by atoms with Gasteiger partial charge in [-0.05, 0) is 145 Å². The standard InChI is InChI=1S/C62H65N3O7/c66-28-25-51-56(68)22-16-40-30-42(60(70)58(34-40)72-44-10-4-5-11-44)29-39-15-19-46-49(57(69)33-37-7-2-1-3-8-37)21-20-47(52(46)32-39)50-24-27-64-62(50)65-36-43-35-54-48(23-26-63-54)53(59(43)61(51)71)31-38-13-17-41-9-6-12-55(67)45(41)18-14-38/h1-3,6-9,12,14-15,18-21,23-24,26-27,30,32,34-35,38,44,47,49,51,53,57,59,63-67,69-70H,4-5,10-11,13,16-17,22,25,28-29,31,33,36H2/t38-,47+,49+,51-,53-,57+,59+/m0/s1. The Kier molecular flexibility index (Phi) is 13.6. The number of H-pyrrole nitrogens is 2. The van der Waals surface area contributed by atoms with Gasteiger partial charge in [-0.15, -0.1) is 0 Å². The van der Waals surface area contributed by atoms with Crippen molar-refractivity contribution in [3.05, 3.63) is 189 Å². The summed E-state index contributed by atoms with van der Waals surface area (Å²) in [7, 11) is 0. The lowest BCUT2D eigenvalue weighted by atomic mass is 9.67. The van der Waals surface area contributed by atoms with Gasteiger partial charge in [-0.25, -0.2) is 0 Å². The van der Waals surface area contributed by atoms with E-state index < -0.39 is 17.9 Å². The fourth-order valence-corrected chi connectivity index (χ4v) is 12.6. The van der Waals surface area contributed by atoms with E-state index in [9.17, 15) is 25.2 Å². The molecule has 0 saturated heterocycles. The first-order valence-electron chi connectivity index (χ1n) is 26.2. The molecular weight excluding hydrogens is 899 g/mol. The Labute approximate surface area is 421 Å². The maximum absolute atomic E-state index is 15.7. The van der Waals surface area contributed by atoms with Crippen molar-refractivity contribution in [2.45, 2.75) is 107 Å². The van der Waals surface area contributed by atoms with Gasteiger partial charge in [0.25, 0.3) is 0 Å². The molecule has 11 rings (SSSR count). The van der Waals surface area contributed by atoms with Gasteiger partial charge in [0.15, 0.2) is 17.3 Å². The molecule has 2 aromatic heterocycles. The van der Waals surface area contributed by atoms with E-state index in [4.69, 9.17) is 4.74 Å². The summed E-state index contributed by atoms with van der Waals surface area (Å²) in [5, 5.41) is 49.0. The number of fused-ring (bicyclic) bond motifs is 8. The lowest BCUT2D eigenvalue weighted by molar-refractivity contribution is -0.135. The van der Waals surface area contributed by atoms with Crippen molar-refractivity contribution >= 4 is 29.5 Å². The van der Waals surface area contributed by atoms with Crippen LogP contribution >= 0.6 is 0 Å². The highest BCUT2D eigenvalue weighted by Crippen LogP contribution is 2.48. The maximum atomic E-state index is 15.7. The van der Waals surface area contributed by atoms with Crippen molar-refractivity contribution in [1.29, 1.82) is 0 Å². The largest absolute Gasteiger partial charge is 0.507 e. The number of aromatic hydroxyl groups is 2. The molecule has 0 unspecified atom stereocenters. The van der Waals surface area contributed by atoms with Crippen molar-refractivity contribution in [2.75, 3.05) is 18.5 Å². The van der Waals surface area contributed by atoms with Gasteiger partial charge >= 0.3 is 0 Å². The van der Waals surface area contributed by atoms with Gasteiger partial charge in [-0.3, -0.25) is 9.59 Å². The second-order valence-corrected chi connectivity index (χ2v) is 20.9. The zero-order chi connectivity index (χ0) is 49.3. The highest BCUT2D eigenvalue weighted by Gasteiger charge is 2.43. The van der Waals surface area contributed by atoms with Crippen LogP contribution in [0.1, 0.15) is 130 Å². The van der Waals surface area contributed by atoms with Gasteiger partial charge in [0.2, 0.25) is 0 Å². The Morgan fingerprint density at radius 3 is 2.43 bits per heavy atom. The summed E-state index contributed by atoms with van der Waals surface area (Å²) in [4.78, 5) is 37.4. The quantitative estimate of drug-likeness (QED) is 0.0555. The molecule has 370 valence electrons. The zero-order valence-corrected chi connectivity index (χ0v) is 40.7. The number of aliphatic hydroxyl groups is 2. The third-order valence-corrected chi connectivity index (χ3v) is 16.4. The van der Waals surface area contributed by atoms with E-state index >= 15 is 4.79 Å². The molecule has 5 aliphatic rings. The molecule has 4 bridgehead atoms. The van der Waals surface area contributed by atoms with Crippen LogP contribution in [0.3, 0.4) is 0 Å². The maximum Gasteiger partial charge on any atom is 0.161 e. The smallest absolute Gasteiger partial charge is 0.161 e. The number of phenols is 2. The molecule has 10 nitrogen and oxygen atoms in total. The average Bonchev–Trinajstić information content (AvgIpc) is 4.17. The summed E-state index contributed by atoms with van der Waals surface area (Å²) in [6.45, 7) is 0.00278. The summed E-state index contributed by atoms with van der Waals surface area (Å²) < 4.78 is 6.55. The van der Waals surface area contributed by atoms with Crippen molar-refractivity contribution in [3.63, 3.8) is 0 Å². The van der Waals surface area contributed by atoms with Gasteiger partial charge in [0.1, 0.15) is 17.4 Å². The van der Waals surface area contributed by atoms with Crippen molar-refractivity contribution in [3.8, 4) is 17.2 Å². The number of phenolic OH excluding ortho intramolecular Hbond substituents is 2. The number of rotatable bonds is 9. The minimum Gasteiger partial charge on any atom is -0.507 e. The number of ketones is 2. The van der Waals surface area contributed by atoms with Crippen LogP contribution < -0.4 is 10.1 Å². The minimum atomic E-state index is -1.04. The number of aryl methyl sites for hydroxylation is 2.